The lowest BCUT2D eigenvalue weighted by Crippen LogP contribution is -2.06. The Morgan fingerprint density at radius 3 is 2.88 bits per heavy atom. The summed E-state index contributed by atoms with van der Waals surface area (Å²) < 4.78 is 0. The summed E-state index contributed by atoms with van der Waals surface area (Å²) in [5.41, 5.74) is 1.96. The minimum atomic E-state index is -0.469. The van der Waals surface area contributed by atoms with Gasteiger partial charge in [0.05, 0.1) is 10.6 Å². The highest BCUT2D eigenvalue weighted by molar-refractivity contribution is 7.13. The number of nitrogens with zero attached hydrogens (tertiary/aromatic N) is 3. The van der Waals surface area contributed by atoms with E-state index in [1.807, 2.05) is 29.6 Å². The van der Waals surface area contributed by atoms with Crippen molar-refractivity contribution in [2.24, 2.45) is 0 Å². The lowest BCUT2D eigenvalue weighted by Gasteiger charge is -2.03. The predicted molar refractivity (Wildman–Crippen MR) is 95.6 cm³/mol. The summed E-state index contributed by atoms with van der Waals surface area (Å²) in [5.74, 6) is 0.603. The maximum atomic E-state index is 10.6. The molecular formula is C16H13ClN4O2S. The highest BCUT2D eigenvalue weighted by Crippen LogP contribution is 2.26. The Morgan fingerprint density at radius 2 is 2.17 bits per heavy atom. The molecule has 2 aromatic heterocycles. The van der Waals surface area contributed by atoms with E-state index in [2.05, 4.69) is 15.3 Å². The quantitative estimate of drug-likeness (QED) is 0.519. The van der Waals surface area contributed by atoms with Gasteiger partial charge in [-0.15, -0.1) is 11.3 Å². The normalized spacial score (nSPS) is 10.5. The number of hydrogen-bond acceptors (Lipinski definition) is 6. The summed E-state index contributed by atoms with van der Waals surface area (Å²) in [7, 11) is 0. The molecule has 8 heteroatoms. The molecule has 0 aliphatic carbocycles. The molecule has 0 unspecified atom stereocenters. The number of thiazole rings is 1. The van der Waals surface area contributed by atoms with Crippen LogP contribution in [0.25, 0.3) is 10.6 Å². The number of pyridine rings is 1. The van der Waals surface area contributed by atoms with Crippen molar-refractivity contribution in [2.45, 2.75) is 6.42 Å². The molecule has 24 heavy (non-hydrogen) atoms. The summed E-state index contributed by atoms with van der Waals surface area (Å²) in [5, 5.41) is 17.3. The van der Waals surface area contributed by atoms with Crippen LogP contribution in [0.15, 0.2) is 48.0 Å². The van der Waals surface area contributed by atoms with Crippen molar-refractivity contribution in [1.82, 2.24) is 9.97 Å². The van der Waals surface area contributed by atoms with E-state index < -0.39 is 4.92 Å². The SMILES string of the molecule is O=[N+]([O-])c1ccc(NCCc2csc(-c3cccc(Cl)c3)n2)nc1. The van der Waals surface area contributed by atoms with E-state index in [1.165, 1.54) is 12.3 Å². The number of aromatic nitrogens is 2. The van der Waals surface area contributed by atoms with Crippen molar-refractivity contribution in [3.05, 3.63) is 68.8 Å². The molecule has 1 aromatic carbocycles. The van der Waals surface area contributed by atoms with E-state index in [-0.39, 0.29) is 5.69 Å². The summed E-state index contributed by atoms with van der Waals surface area (Å²) in [6.45, 7) is 0.642. The van der Waals surface area contributed by atoms with Gasteiger partial charge in [-0.1, -0.05) is 23.7 Å². The van der Waals surface area contributed by atoms with Gasteiger partial charge in [-0.25, -0.2) is 9.97 Å². The molecule has 2 heterocycles. The van der Waals surface area contributed by atoms with Crippen LogP contribution in [0.1, 0.15) is 5.69 Å². The van der Waals surface area contributed by atoms with Crippen LogP contribution < -0.4 is 5.32 Å². The van der Waals surface area contributed by atoms with Gasteiger partial charge >= 0.3 is 0 Å². The third-order valence-electron chi connectivity index (χ3n) is 3.27. The molecule has 0 amide bonds. The molecule has 0 radical (unpaired) electrons. The van der Waals surface area contributed by atoms with Gasteiger partial charge in [0.15, 0.2) is 0 Å². The van der Waals surface area contributed by atoms with Crippen molar-refractivity contribution >= 4 is 34.4 Å². The lowest BCUT2D eigenvalue weighted by atomic mass is 10.2. The number of nitro groups is 1. The first kappa shape index (κ1) is 16.4. The van der Waals surface area contributed by atoms with Crippen LogP contribution in [0.2, 0.25) is 5.02 Å². The third kappa shape index (κ3) is 4.06. The van der Waals surface area contributed by atoms with Crippen LogP contribution in [0.5, 0.6) is 0 Å². The second-order valence-electron chi connectivity index (χ2n) is 4.99. The second-order valence-corrected chi connectivity index (χ2v) is 6.28. The number of nitrogens with one attached hydrogen (secondary N) is 1. The van der Waals surface area contributed by atoms with Crippen LogP contribution in [0, 0.1) is 10.1 Å². The van der Waals surface area contributed by atoms with Gasteiger partial charge in [-0.3, -0.25) is 10.1 Å². The van der Waals surface area contributed by atoms with Gasteiger partial charge in [0.25, 0.3) is 5.69 Å². The number of halogens is 1. The van der Waals surface area contributed by atoms with Crippen molar-refractivity contribution in [1.29, 1.82) is 0 Å². The summed E-state index contributed by atoms with van der Waals surface area (Å²) in [4.78, 5) is 18.7. The molecule has 1 N–H and O–H groups in total. The Morgan fingerprint density at radius 1 is 1.29 bits per heavy atom. The zero-order valence-electron chi connectivity index (χ0n) is 12.5. The predicted octanol–water partition coefficient (Wildman–Crippen LogP) is 4.42. The Labute approximate surface area is 147 Å². The van der Waals surface area contributed by atoms with E-state index >= 15 is 0 Å². The molecule has 0 fully saturated rings. The van der Waals surface area contributed by atoms with Crippen LogP contribution in [0.4, 0.5) is 11.5 Å². The van der Waals surface area contributed by atoms with E-state index in [1.54, 1.807) is 17.4 Å². The molecule has 0 atom stereocenters. The molecule has 0 saturated heterocycles. The van der Waals surface area contributed by atoms with Gasteiger partial charge < -0.3 is 5.32 Å². The van der Waals surface area contributed by atoms with Gasteiger partial charge in [-0.05, 0) is 18.2 Å². The fraction of sp³-hybridized carbons (Fsp3) is 0.125. The smallest absolute Gasteiger partial charge is 0.287 e. The Hall–Kier alpha value is -2.51. The maximum Gasteiger partial charge on any atom is 0.287 e. The zero-order valence-corrected chi connectivity index (χ0v) is 14.0. The largest absolute Gasteiger partial charge is 0.370 e. The van der Waals surface area contributed by atoms with Gasteiger partial charge in [0.2, 0.25) is 0 Å². The molecular weight excluding hydrogens is 348 g/mol. The average molecular weight is 361 g/mol. The molecule has 0 aliphatic heterocycles. The van der Waals surface area contributed by atoms with E-state index in [9.17, 15) is 10.1 Å². The first-order valence-electron chi connectivity index (χ1n) is 7.16. The zero-order chi connectivity index (χ0) is 16.9. The van der Waals surface area contributed by atoms with Crippen LogP contribution in [-0.4, -0.2) is 21.4 Å². The first-order chi connectivity index (χ1) is 11.6. The highest BCUT2D eigenvalue weighted by atomic mass is 35.5. The Bertz CT molecular complexity index is 851. The third-order valence-corrected chi connectivity index (χ3v) is 4.44. The average Bonchev–Trinajstić information content (AvgIpc) is 3.04. The summed E-state index contributed by atoms with van der Waals surface area (Å²) >= 11 is 7.58. The number of hydrogen-bond donors (Lipinski definition) is 1. The molecule has 3 rings (SSSR count). The van der Waals surface area contributed by atoms with Crippen LogP contribution in [-0.2, 0) is 6.42 Å². The fourth-order valence-corrected chi connectivity index (χ4v) is 3.13. The van der Waals surface area contributed by atoms with Gasteiger partial charge in [0.1, 0.15) is 17.0 Å². The van der Waals surface area contributed by atoms with Crippen LogP contribution >= 0.6 is 22.9 Å². The molecule has 0 saturated carbocycles. The topological polar surface area (TPSA) is 81.0 Å². The summed E-state index contributed by atoms with van der Waals surface area (Å²) in [6, 6.07) is 10.6. The molecule has 122 valence electrons. The fourth-order valence-electron chi connectivity index (χ4n) is 2.09. The number of anilines is 1. The van der Waals surface area contributed by atoms with Gasteiger partial charge in [-0.2, -0.15) is 0 Å². The van der Waals surface area contributed by atoms with Crippen molar-refractivity contribution in [2.75, 3.05) is 11.9 Å². The maximum absolute atomic E-state index is 10.6. The number of rotatable bonds is 6. The van der Waals surface area contributed by atoms with E-state index in [4.69, 9.17) is 11.6 Å². The minimum Gasteiger partial charge on any atom is -0.370 e. The second kappa shape index (κ2) is 7.37. The Balaban J connectivity index is 1.57. The highest BCUT2D eigenvalue weighted by Gasteiger charge is 2.07. The van der Waals surface area contributed by atoms with Gasteiger partial charge in [0, 0.05) is 35.0 Å². The molecule has 3 aromatic rings. The van der Waals surface area contributed by atoms with E-state index in [0.29, 0.717) is 17.4 Å². The van der Waals surface area contributed by atoms with Crippen molar-refractivity contribution in [3.63, 3.8) is 0 Å². The van der Waals surface area contributed by atoms with Crippen molar-refractivity contribution in [3.8, 4) is 10.6 Å². The lowest BCUT2D eigenvalue weighted by molar-refractivity contribution is -0.385. The Kier molecular flexibility index (Phi) is 5.02. The standard InChI is InChI=1S/C16H13ClN4O2S/c17-12-3-1-2-11(8-12)16-20-13(10-24-16)6-7-18-15-5-4-14(9-19-15)21(22)23/h1-5,8-10H,6-7H2,(H,18,19). The molecule has 6 nitrogen and oxygen atoms in total. The van der Waals surface area contributed by atoms with Crippen molar-refractivity contribution < 1.29 is 4.92 Å². The molecule has 0 spiro atoms. The first-order valence-corrected chi connectivity index (χ1v) is 8.42. The number of benzene rings is 1. The monoisotopic (exact) mass is 360 g/mol. The van der Waals surface area contributed by atoms with Crippen LogP contribution in [0.3, 0.4) is 0 Å². The molecule has 0 aliphatic rings. The minimum absolute atomic E-state index is 0.0220. The summed E-state index contributed by atoms with van der Waals surface area (Å²) in [6.07, 6.45) is 1.97. The molecule has 0 bridgehead atoms. The van der Waals surface area contributed by atoms with E-state index in [0.717, 1.165) is 22.7 Å².